The summed E-state index contributed by atoms with van der Waals surface area (Å²) in [5, 5.41) is 14.5. The molecule has 2 N–H and O–H groups in total. The molecule has 150 valence electrons. The lowest BCUT2D eigenvalue weighted by Gasteiger charge is -2.32. The summed E-state index contributed by atoms with van der Waals surface area (Å²) < 4.78 is 32.9. The van der Waals surface area contributed by atoms with Crippen LogP contribution in [0, 0.1) is 11.8 Å². The summed E-state index contributed by atoms with van der Waals surface area (Å²) in [6.07, 6.45) is 3.24. The number of nitrogens with one attached hydrogen (secondary N) is 1. The van der Waals surface area contributed by atoms with Crippen LogP contribution in [-0.2, 0) is 15.1 Å². The molecule has 0 aromatic heterocycles. The van der Waals surface area contributed by atoms with Gasteiger partial charge in [0.25, 0.3) is 0 Å². The van der Waals surface area contributed by atoms with Gasteiger partial charge in [0.2, 0.25) is 5.92 Å². The third kappa shape index (κ3) is 4.85. The van der Waals surface area contributed by atoms with Crippen LogP contribution < -0.4 is 5.32 Å². The van der Waals surface area contributed by atoms with Crippen LogP contribution in [0.25, 0.3) is 0 Å². The summed E-state index contributed by atoms with van der Waals surface area (Å²) in [6, 6.07) is 8.35. The molecule has 1 saturated carbocycles. The summed E-state index contributed by atoms with van der Waals surface area (Å²) in [7, 11) is 0. The monoisotopic (exact) mass is 381 g/mol. The van der Waals surface area contributed by atoms with Crippen LogP contribution in [0.1, 0.15) is 50.5 Å². The van der Waals surface area contributed by atoms with Crippen LogP contribution >= 0.6 is 0 Å². The maximum Gasteiger partial charge on any atom is 0.343 e. The third-order valence-corrected chi connectivity index (χ3v) is 5.97. The van der Waals surface area contributed by atoms with Gasteiger partial charge in [-0.3, -0.25) is 0 Å². The number of hydrogen-bond donors (Lipinski definition) is 2. The van der Waals surface area contributed by atoms with Gasteiger partial charge in [-0.05, 0) is 56.7 Å². The van der Waals surface area contributed by atoms with E-state index < -0.39 is 29.8 Å². The Labute approximate surface area is 159 Å². The van der Waals surface area contributed by atoms with Gasteiger partial charge in [-0.1, -0.05) is 30.3 Å². The molecule has 0 bridgehead atoms. The van der Waals surface area contributed by atoms with E-state index in [0.29, 0.717) is 11.5 Å². The number of hydrogen-bond acceptors (Lipinski definition) is 4. The lowest BCUT2D eigenvalue weighted by molar-refractivity contribution is -0.175. The van der Waals surface area contributed by atoms with Crippen molar-refractivity contribution >= 4 is 5.97 Å². The van der Waals surface area contributed by atoms with Crippen LogP contribution in [0.15, 0.2) is 30.3 Å². The first-order valence-corrected chi connectivity index (χ1v) is 9.95. The highest BCUT2D eigenvalue weighted by molar-refractivity contribution is 5.81. The van der Waals surface area contributed by atoms with E-state index in [1.807, 2.05) is 0 Å². The Hall–Kier alpha value is -1.53. The Morgan fingerprint density at radius 2 is 1.93 bits per heavy atom. The van der Waals surface area contributed by atoms with Gasteiger partial charge in [-0.2, -0.15) is 0 Å². The first-order valence-electron chi connectivity index (χ1n) is 9.95. The van der Waals surface area contributed by atoms with Crippen molar-refractivity contribution in [2.75, 3.05) is 19.7 Å². The molecular formula is C21H29F2NO3. The molecule has 2 fully saturated rings. The first-order chi connectivity index (χ1) is 12.9. The second kappa shape index (κ2) is 8.65. The maximum absolute atomic E-state index is 13.7. The van der Waals surface area contributed by atoms with Gasteiger partial charge in [-0.15, -0.1) is 0 Å². The third-order valence-electron chi connectivity index (χ3n) is 5.97. The van der Waals surface area contributed by atoms with Crippen LogP contribution in [0.4, 0.5) is 8.78 Å². The fourth-order valence-corrected chi connectivity index (χ4v) is 4.34. The zero-order chi connectivity index (χ0) is 19.3. The zero-order valence-electron chi connectivity index (χ0n) is 15.6. The molecule has 3 rings (SSSR count). The second-order valence-electron chi connectivity index (χ2n) is 7.90. The number of carbonyl (C=O) groups excluding carboxylic acids is 1. The minimum atomic E-state index is -2.84. The molecule has 0 unspecified atom stereocenters. The largest absolute Gasteiger partial charge is 0.463 e. The van der Waals surface area contributed by atoms with Crippen molar-refractivity contribution < 1.29 is 23.4 Å². The van der Waals surface area contributed by atoms with Crippen molar-refractivity contribution in [2.45, 2.75) is 56.5 Å². The van der Waals surface area contributed by atoms with E-state index in [-0.39, 0.29) is 19.4 Å². The quantitative estimate of drug-likeness (QED) is 0.559. The lowest BCUT2D eigenvalue weighted by atomic mass is 9.80. The summed E-state index contributed by atoms with van der Waals surface area (Å²) in [5.41, 5.74) is -1.69. The van der Waals surface area contributed by atoms with Gasteiger partial charge in [0, 0.05) is 18.8 Å². The molecule has 27 heavy (non-hydrogen) atoms. The highest BCUT2D eigenvalue weighted by atomic mass is 19.3. The smallest absolute Gasteiger partial charge is 0.343 e. The standard InChI is InChI=1S/C21H29F2NO3/c22-20(23)11-8-18(15-20)21(26,17-6-2-1-3-7-17)19(25)27-14-4-5-16-9-12-24-13-10-16/h1-3,6-7,16,18,24,26H,4-5,8-15H2/t18-,21+/m1/s1. The highest BCUT2D eigenvalue weighted by Crippen LogP contribution is 2.47. The van der Waals surface area contributed by atoms with E-state index in [1.165, 1.54) is 0 Å². The Kier molecular flexibility index (Phi) is 6.48. The molecule has 1 saturated heterocycles. The van der Waals surface area contributed by atoms with E-state index in [4.69, 9.17) is 4.74 Å². The molecule has 6 heteroatoms. The number of rotatable bonds is 7. The minimum Gasteiger partial charge on any atom is -0.463 e. The second-order valence-corrected chi connectivity index (χ2v) is 7.90. The molecule has 4 nitrogen and oxygen atoms in total. The normalized spacial score (nSPS) is 25.1. The lowest BCUT2D eigenvalue weighted by Crippen LogP contribution is -2.44. The summed E-state index contributed by atoms with van der Waals surface area (Å²) in [4.78, 5) is 12.8. The molecule has 1 aromatic rings. The van der Waals surface area contributed by atoms with Crippen LogP contribution in [0.3, 0.4) is 0 Å². The first kappa shape index (κ1) is 20.2. The molecule has 0 radical (unpaired) electrons. The van der Waals surface area contributed by atoms with Gasteiger partial charge in [-0.25, -0.2) is 13.6 Å². The summed E-state index contributed by atoms with van der Waals surface area (Å²) in [6.45, 7) is 2.25. The number of carbonyl (C=O) groups is 1. The van der Waals surface area contributed by atoms with E-state index in [9.17, 15) is 18.7 Å². The Morgan fingerprint density at radius 1 is 1.22 bits per heavy atom. The van der Waals surface area contributed by atoms with Crippen molar-refractivity contribution in [3.8, 4) is 0 Å². The van der Waals surface area contributed by atoms with Crippen LogP contribution in [0.2, 0.25) is 0 Å². The van der Waals surface area contributed by atoms with Gasteiger partial charge in [0.1, 0.15) is 0 Å². The Balaban J connectivity index is 1.63. The van der Waals surface area contributed by atoms with E-state index in [0.717, 1.165) is 38.8 Å². The van der Waals surface area contributed by atoms with Gasteiger partial charge < -0.3 is 15.2 Å². The molecule has 0 amide bonds. The molecule has 2 atom stereocenters. The molecule has 1 aliphatic carbocycles. The minimum absolute atomic E-state index is 0.0998. The van der Waals surface area contributed by atoms with Gasteiger partial charge in [0.05, 0.1) is 6.61 Å². The summed E-state index contributed by atoms with van der Waals surface area (Å²) in [5.74, 6) is -3.86. The average molecular weight is 381 g/mol. The van der Waals surface area contributed by atoms with Crippen LogP contribution in [-0.4, -0.2) is 36.7 Å². The SMILES string of the molecule is O=C(OCCCC1CCNCC1)[C@](O)(c1ccccc1)[C@@H]1CCC(F)(F)C1. The molecule has 0 spiro atoms. The van der Waals surface area contributed by atoms with Crippen molar-refractivity contribution in [3.63, 3.8) is 0 Å². The Bertz CT molecular complexity index is 619. The average Bonchev–Trinajstić information content (AvgIpc) is 3.06. The Morgan fingerprint density at radius 3 is 2.56 bits per heavy atom. The number of alkyl halides is 2. The van der Waals surface area contributed by atoms with E-state index in [1.54, 1.807) is 30.3 Å². The molecular weight excluding hydrogens is 352 g/mol. The molecule has 1 aromatic carbocycles. The highest BCUT2D eigenvalue weighted by Gasteiger charge is 2.54. The van der Waals surface area contributed by atoms with Crippen molar-refractivity contribution in [1.82, 2.24) is 5.32 Å². The molecule has 1 aliphatic heterocycles. The number of esters is 1. The van der Waals surface area contributed by atoms with Crippen molar-refractivity contribution in [1.29, 1.82) is 0 Å². The van der Waals surface area contributed by atoms with Crippen molar-refractivity contribution in [3.05, 3.63) is 35.9 Å². The number of benzene rings is 1. The molecule has 1 heterocycles. The fraction of sp³-hybridized carbons (Fsp3) is 0.667. The number of halogens is 2. The van der Waals surface area contributed by atoms with Gasteiger partial charge >= 0.3 is 5.97 Å². The predicted molar refractivity (Wildman–Crippen MR) is 98.4 cm³/mol. The number of ether oxygens (including phenoxy) is 1. The number of piperidine rings is 1. The maximum atomic E-state index is 13.7. The van der Waals surface area contributed by atoms with E-state index in [2.05, 4.69) is 5.32 Å². The fourth-order valence-electron chi connectivity index (χ4n) is 4.34. The van der Waals surface area contributed by atoms with Crippen LogP contribution in [0.5, 0.6) is 0 Å². The molecule has 2 aliphatic rings. The predicted octanol–water partition coefficient (Wildman–Crippen LogP) is 3.63. The van der Waals surface area contributed by atoms with Gasteiger partial charge in [0.15, 0.2) is 5.60 Å². The van der Waals surface area contributed by atoms with Crippen molar-refractivity contribution in [2.24, 2.45) is 11.8 Å². The van der Waals surface area contributed by atoms with E-state index >= 15 is 0 Å². The topological polar surface area (TPSA) is 58.6 Å². The summed E-state index contributed by atoms with van der Waals surface area (Å²) >= 11 is 0. The zero-order valence-corrected chi connectivity index (χ0v) is 15.6. The number of aliphatic hydroxyl groups is 1.